The standard InChI is InChI=1S/C17H9NO/c1-2-6-13-11(5-1)12-7-3-4-10-8-14-17(18-9-19-14)16(13)15(10)12/h1-9H. The van der Waals surface area contributed by atoms with Gasteiger partial charge in [0, 0.05) is 5.56 Å². The van der Waals surface area contributed by atoms with Crippen molar-refractivity contribution in [2.45, 2.75) is 0 Å². The second-order valence-corrected chi connectivity index (χ2v) is 4.90. The van der Waals surface area contributed by atoms with Crippen molar-refractivity contribution < 1.29 is 4.42 Å². The van der Waals surface area contributed by atoms with Crippen molar-refractivity contribution in [3.8, 4) is 22.3 Å². The number of aromatic nitrogens is 1. The average Bonchev–Trinajstić information content (AvgIpc) is 3.03. The van der Waals surface area contributed by atoms with Crippen molar-refractivity contribution in [2.75, 3.05) is 0 Å². The molecule has 0 radical (unpaired) electrons. The topological polar surface area (TPSA) is 26.0 Å². The van der Waals surface area contributed by atoms with Crippen molar-refractivity contribution in [3.63, 3.8) is 0 Å². The molecule has 1 heterocycles. The van der Waals surface area contributed by atoms with Gasteiger partial charge in [-0.25, -0.2) is 4.98 Å². The molecule has 0 saturated carbocycles. The maximum absolute atomic E-state index is 5.50. The third kappa shape index (κ3) is 1.01. The molecule has 0 amide bonds. The van der Waals surface area contributed by atoms with Gasteiger partial charge in [-0.3, -0.25) is 0 Å². The first-order valence-corrected chi connectivity index (χ1v) is 6.32. The number of rotatable bonds is 0. The molecule has 1 aliphatic rings. The molecule has 0 N–H and O–H groups in total. The van der Waals surface area contributed by atoms with Gasteiger partial charge in [0.05, 0.1) is 0 Å². The zero-order chi connectivity index (χ0) is 12.4. The molecule has 0 saturated heterocycles. The molecule has 0 unspecified atom stereocenters. The van der Waals surface area contributed by atoms with E-state index in [0.717, 1.165) is 11.1 Å². The largest absolute Gasteiger partial charge is 0.443 e. The van der Waals surface area contributed by atoms with Crippen LogP contribution in [0.5, 0.6) is 0 Å². The summed E-state index contributed by atoms with van der Waals surface area (Å²) in [6, 6.07) is 17.0. The van der Waals surface area contributed by atoms with Gasteiger partial charge in [-0.05, 0) is 33.5 Å². The Morgan fingerprint density at radius 1 is 0.842 bits per heavy atom. The quantitative estimate of drug-likeness (QED) is 0.396. The maximum Gasteiger partial charge on any atom is 0.182 e. The molecule has 0 fully saturated rings. The van der Waals surface area contributed by atoms with Gasteiger partial charge in [-0.1, -0.05) is 42.5 Å². The summed E-state index contributed by atoms with van der Waals surface area (Å²) in [6.45, 7) is 0. The minimum absolute atomic E-state index is 0.858. The van der Waals surface area contributed by atoms with E-state index in [-0.39, 0.29) is 0 Å². The van der Waals surface area contributed by atoms with Gasteiger partial charge in [0.25, 0.3) is 0 Å². The van der Waals surface area contributed by atoms with Crippen molar-refractivity contribution in [1.29, 1.82) is 0 Å². The monoisotopic (exact) mass is 243 g/mol. The Balaban J connectivity index is 2.17. The third-order valence-corrected chi connectivity index (χ3v) is 3.95. The Morgan fingerprint density at radius 2 is 1.68 bits per heavy atom. The summed E-state index contributed by atoms with van der Waals surface area (Å²) >= 11 is 0. The van der Waals surface area contributed by atoms with Crippen LogP contribution in [0.15, 0.2) is 59.3 Å². The lowest BCUT2D eigenvalue weighted by molar-refractivity contribution is 0.602. The van der Waals surface area contributed by atoms with Crippen molar-refractivity contribution in [1.82, 2.24) is 4.98 Å². The lowest BCUT2D eigenvalue weighted by atomic mass is 10.0. The predicted octanol–water partition coefficient (Wildman–Crippen LogP) is 4.63. The lowest BCUT2D eigenvalue weighted by Crippen LogP contribution is -1.79. The van der Waals surface area contributed by atoms with Gasteiger partial charge in [-0.2, -0.15) is 0 Å². The van der Waals surface area contributed by atoms with Crippen LogP contribution in [0.25, 0.3) is 44.1 Å². The van der Waals surface area contributed by atoms with Crippen LogP contribution in [-0.2, 0) is 0 Å². The van der Waals surface area contributed by atoms with Crippen LogP contribution in [0.1, 0.15) is 0 Å². The lowest BCUT2D eigenvalue weighted by Gasteiger charge is -2.02. The van der Waals surface area contributed by atoms with E-state index in [1.54, 1.807) is 0 Å². The number of hydrogen-bond acceptors (Lipinski definition) is 2. The number of oxazole rings is 1. The Hall–Kier alpha value is -2.61. The summed E-state index contributed by atoms with van der Waals surface area (Å²) in [7, 11) is 0. The number of hydrogen-bond donors (Lipinski definition) is 0. The Labute approximate surface area is 109 Å². The fourth-order valence-electron chi connectivity index (χ4n) is 3.20. The molecule has 0 spiro atoms. The van der Waals surface area contributed by atoms with Crippen LogP contribution in [0.2, 0.25) is 0 Å². The molecular weight excluding hydrogens is 234 g/mol. The SMILES string of the molecule is c1ccc2c(c1)-c1cccc3cc4ocnc4c-2c13. The van der Waals surface area contributed by atoms with E-state index in [1.807, 2.05) is 0 Å². The van der Waals surface area contributed by atoms with E-state index in [1.165, 1.54) is 39.4 Å². The smallest absolute Gasteiger partial charge is 0.182 e. The molecule has 0 aliphatic heterocycles. The molecule has 19 heavy (non-hydrogen) atoms. The average molecular weight is 243 g/mol. The summed E-state index contributed by atoms with van der Waals surface area (Å²) in [5, 5.41) is 2.51. The highest BCUT2D eigenvalue weighted by Crippen LogP contribution is 2.49. The van der Waals surface area contributed by atoms with E-state index in [2.05, 4.69) is 53.5 Å². The van der Waals surface area contributed by atoms with Crippen LogP contribution >= 0.6 is 0 Å². The molecule has 1 aromatic heterocycles. The molecule has 0 bridgehead atoms. The van der Waals surface area contributed by atoms with Crippen LogP contribution in [0, 0.1) is 0 Å². The second kappa shape index (κ2) is 3.04. The van der Waals surface area contributed by atoms with Crippen molar-refractivity contribution in [3.05, 3.63) is 54.9 Å². The molecule has 3 aromatic carbocycles. The van der Waals surface area contributed by atoms with Crippen LogP contribution < -0.4 is 0 Å². The zero-order valence-corrected chi connectivity index (χ0v) is 10.1. The first-order chi connectivity index (χ1) is 9.43. The fourth-order valence-corrected chi connectivity index (χ4v) is 3.20. The van der Waals surface area contributed by atoms with Crippen LogP contribution in [0.3, 0.4) is 0 Å². The fraction of sp³-hybridized carbons (Fsp3) is 0. The minimum Gasteiger partial charge on any atom is -0.443 e. The van der Waals surface area contributed by atoms with E-state index in [4.69, 9.17) is 4.42 Å². The molecular formula is C17H9NO. The van der Waals surface area contributed by atoms with Gasteiger partial charge in [0.1, 0.15) is 5.52 Å². The van der Waals surface area contributed by atoms with Crippen LogP contribution in [0.4, 0.5) is 0 Å². The first kappa shape index (κ1) is 9.34. The van der Waals surface area contributed by atoms with E-state index < -0.39 is 0 Å². The molecule has 4 aromatic rings. The molecule has 1 aliphatic carbocycles. The van der Waals surface area contributed by atoms with Crippen LogP contribution in [-0.4, -0.2) is 4.98 Å². The summed E-state index contributed by atoms with van der Waals surface area (Å²) in [4.78, 5) is 4.41. The molecule has 0 atom stereocenters. The number of benzene rings is 3. The van der Waals surface area contributed by atoms with E-state index >= 15 is 0 Å². The highest BCUT2D eigenvalue weighted by Gasteiger charge is 2.24. The van der Waals surface area contributed by atoms with E-state index in [0.29, 0.717) is 0 Å². The summed E-state index contributed by atoms with van der Waals surface area (Å²) in [5.74, 6) is 0. The summed E-state index contributed by atoms with van der Waals surface area (Å²) in [6.07, 6.45) is 1.53. The van der Waals surface area contributed by atoms with Gasteiger partial charge >= 0.3 is 0 Å². The molecule has 5 rings (SSSR count). The summed E-state index contributed by atoms with van der Waals surface area (Å²) < 4.78 is 5.50. The first-order valence-electron chi connectivity index (χ1n) is 6.32. The summed E-state index contributed by atoms with van der Waals surface area (Å²) in [5.41, 5.74) is 6.88. The molecule has 88 valence electrons. The number of fused-ring (bicyclic) bond motifs is 5. The zero-order valence-electron chi connectivity index (χ0n) is 10.1. The van der Waals surface area contributed by atoms with Gasteiger partial charge < -0.3 is 4.42 Å². The maximum atomic E-state index is 5.50. The highest BCUT2D eigenvalue weighted by molar-refractivity contribution is 6.22. The normalized spacial score (nSPS) is 12.2. The van der Waals surface area contributed by atoms with Crippen molar-refractivity contribution >= 4 is 21.9 Å². The van der Waals surface area contributed by atoms with Crippen molar-refractivity contribution in [2.24, 2.45) is 0 Å². The predicted molar refractivity (Wildman–Crippen MR) is 75.9 cm³/mol. The molecule has 2 nitrogen and oxygen atoms in total. The highest BCUT2D eigenvalue weighted by atomic mass is 16.3. The second-order valence-electron chi connectivity index (χ2n) is 4.90. The minimum atomic E-state index is 0.858. The van der Waals surface area contributed by atoms with Gasteiger partial charge in [0.2, 0.25) is 0 Å². The van der Waals surface area contributed by atoms with Gasteiger partial charge in [0.15, 0.2) is 12.0 Å². The number of nitrogens with zero attached hydrogens (tertiary/aromatic N) is 1. The van der Waals surface area contributed by atoms with Gasteiger partial charge in [-0.15, -0.1) is 0 Å². The third-order valence-electron chi connectivity index (χ3n) is 3.95. The van der Waals surface area contributed by atoms with E-state index in [9.17, 15) is 0 Å². The Kier molecular flexibility index (Phi) is 1.49. The molecule has 2 heteroatoms. The Bertz CT molecular complexity index is 965. The Morgan fingerprint density at radius 3 is 2.63 bits per heavy atom.